The smallest absolute Gasteiger partial charge is 0.379 e. The number of hydrogen-bond donors (Lipinski definition) is 2. The van der Waals surface area contributed by atoms with E-state index in [2.05, 4.69) is 15.8 Å². The summed E-state index contributed by atoms with van der Waals surface area (Å²) in [6, 6.07) is 18.4. The van der Waals surface area contributed by atoms with E-state index in [-0.39, 0.29) is 39.9 Å². The molecule has 12 nitrogen and oxygen atoms in total. The van der Waals surface area contributed by atoms with Crippen LogP contribution in [-0.2, 0) is 4.79 Å². The summed E-state index contributed by atoms with van der Waals surface area (Å²) in [4.78, 5) is 48.9. The van der Waals surface area contributed by atoms with Crippen LogP contribution in [0.1, 0.15) is 43.8 Å². The van der Waals surface area contributed by atoms with Gasteiger partial charge in [0.1, 0.15) is 0 Å². The number of hydrogen-bond acceptors (Lipinski definition) is 10. The fraction of sp³-hybridized carbons (Fsp3) is 0.100. The molecular formula is C30H25N3O9. The predicted octanol–water partition coefficient (Wildman–Crippen LogP) is 4.46. The third-order valence-corrected chi connectivity index (χ3v) is 5.55. The molecule has 3 aromatic carbocycles. The second kappa shape index (κ2) is 13.4. The molecule has 0 unspecified atom stereocenters. The van der Waals surface area contributed by atoms with Crippen molar-refractivity contribution in [2.75, 3.05) is 19.5 Å². The SMILES string of the molecule is COc1cc(C(=O)Nc2cccc(C(=O)NN=Cc3ccc(OC(=O)c4ccco4)c(OC)c3)c2)ccc1OC(C)=O. The zero-order valence-electron chi connectivity index (χ0n) is 22.7. The van der Waals surface area contributed by atoms with Crippen LogP contribution in [0, 0.1) is 0 Å². The molecule has 0 spiro atoms. The molecule has 42 heavy (non-hydrogen) atoms. The molecule has 1 aromatic heterocycles. The number of hydrazone groups is 1. The Morgan fingerprint density at radius 2 is 1.48 bits per heavy atom. The first-order chi connectivity index (χ1) is 20.3. The Bertz CT molecular complexity index is 1650. The Morgan fingerprint density at radius 1 is 0.762 bits per heavy atom. The topological polar surface area (TPSA) is 155 Å². The molecule has 2 amide bonds. The number of nitrogens with one attached hydrogen (secondary N) is 2. The third-order valence-electron chi connectivity index (χ3n) is 5.55. The third kappa shape index (κ3) is 7.39. The molecule has 0 radical (unpaired) electrons. The van der Waals surface area contributed by atoms with Crippen LogP contribution in [0.3, 0.4) is 0 Å². The fourth-order valence-electron chi connectivity index (χ4n) is 3.61. The Kier molecular flexibility index (Phi) is 9.30. The lowest BCUT2D eigenvalue weighted by atomic mass is 10.1. The molecule has 0 bridgehead atoms. The minimum Gasteiger partial charge on any atom is -0.493 e. The van der Waals surface area contributed by atoms with Gasteiger partial charge < -0.3 is 28.7 Å². The molecule has 0 aliphatic carbocycles. The molecule has 0 saturated heterocycles. The molecule has 0 aliphatic heterocycles. The number of anilines is 1. The van der Waals surface area contributed by atoms with E-state index in [9.17, 15) is 19.2 Å². The van der Waals surface area contributed by atoms with Crippen LogP contribution in [0.15, 0.2) is 88.6 Å². The van der Waals surface area contributed by atoms with E-state index < -0.39 is 23.8 Å². The van der Waals surface area contributed by atoms with E-state index in [0.29, 0.717) is 11.3 Å². The largest absolute Gasteiger partial charge is 0.493 e. The molecule has 0 fully saturated rings. The first-order valence-electron chi connectivity index (χ1n) is 12.3. The summed E-state index contributed by atoms with van der Waals surface area (Å²) < 4.78 is 25.9. The first-order valence-corrected chi connectivity index (χ1v) is 12.3. The van der Waals surface area contributed by atoms with Gasteiger partial charge in [-0.05, 0) is 72.3 Å². The summed E-state index contributed by atoms with van der Waals surface area (Å²) >= 11 is 0. The second-order valence-electron chi connectivity index (χ2n) is 8.47. The summed E-state index contributed by atoms with van der Waals surface area (Å²) in [7, 11) is 2.81. The molecule has 0 aliphatic rings. The lowest BCUT2D eigenvalue weighted by Crippen LogP contribution is -2.18. The molecule has 1 heterocycles. The summed E-state index contributed by atoms with van der Waals surface area (Å²) in [5.41, 5.74) is 3.83. The number of methoxy groups -OCH3 is 2. The van der Waals surface area contributed by atoms with E-state index in [0.717, 1.165) is 0 Å². The van der Waals surface area contributed by atoms with E-state index in [1.165, 1.54) is 70.0 Å². The number of nitrogens with zero attached hydrogens (tertiary/aromatic N) is 1. The summed E-state index contributed by atoms with van der Waals surface area (Å²) in [6.45, 7) is 1.26. The summed E-state index contributed by atoms with van der Waals surface area (Å²) in [5.74, 6) is -1.30. The number of esters is 2. The second-order valence-corrected chi connectivity index (χ2v) is 8.47. The van der Waals surface area contributed by atoms with Crippen LogP contribution in [-0.4, -0.2) is 44.2 Å². The van der Waals surface area contributed by atoms with Crippen molar-refractivity contribution < 1.29 is 42.5 Å². The van der Waals surface area contributed by atoms with Crippen molar-refractivity contribution in [1.29, 1.82) is 0 Å². The van der Waals surface area contributed by atoms with Crippen molar-refractivity contribution in [3.8, 4) is 23.0 Å². The van der Waals surface area contributed by atoms with Crippen molar-refractivity contribution in [1.82, 2.24) is 5.43 Å². The van der Waals surface area contributed by atoms with Crippen molar-refractivity contribution in [3.05, 3.63) is 102 Å². The Balaban J connectivity index is 1.38. The Hall–Kier alpha value is -5.91. The van der Waals surface area contributed by atoms with Gasteiger partial charge in [-0.1, -0.05) is 6.07 Å². The lowest BCUT2D eigenvalue weighted by Gasteiger charge is -2.11. The average Bonchev–Trinajstić information content (AvgIpc) is 3.53. The number of benzene rings is 3. The number of carbonyl (C=O) groups is 4. The van der Waals surface area contributed by atoms with Crippen molar-refractivity contribution in [2.24, 2.45) is 5.10 Å². The van der Waals surface area contributed by atoms with Gasteiger partial charge in [-0.3, -0.25) is 14.4 Å². The van der Waals surface area contributed by atoms with Gasteiger partial charge in [-0.25, -0.2) is 10.2 Å². The van der Waals surface area contributed by atoms with E-state index in [4.69, 9.17) is 23.4 Å². The van der Waals surface area contributed by atoms with E-state index in [1.54, 1.807) is 36.4 Å². The minimum atomic E-state index is -0.678. The van der Waals surface area contributed by atoms with Crippen LogP contribution >= 0.6 is 0 Å². The number of carbonyl (C=O) groups excluding carboxylic acids is 4. The quantitative estimate of drug-likeness (QED) is 0.121. The van der Waals surface area contributed by atoms with Crippen LogP contribution in [0.2, 0.25) is 0 Å². The van der Waals surface area contributed by atoms with Crippen molar-refractivity contribution in [3.63, 3.8) is 0 Å². The maximum absolute atomic E-state index is 12.8. The van der Waals surface area contributed by atoms with Gasteiger partial charge in [-0.15, -0.1) is 0 Å². The van der Waals surface area contributed by atoms with Gasteiger partial charge in [-0.2, -0.15) is 5.10 Å². The van der Waals surface area contributed by atoms with Crippen LogP contribution in [0.4, 0.5) is 5.69 Å². The van der Waals surface area contributed by atoms with Gasteiger partial charge in [0.05, 0.1) is 26.7 Å². The minimum absolute atomic E-state index is 0.0455. The highest BCUT2D eigenvalue weighted by atomic mass is 16.6. The molecule has 214 valence electrons. The lowest BCUT2D eigenvalue weighted by molar-refractivity contribution is -0.132. The molecular weight excluding hydrogens is 546 g/mol. The van der Waals surface area contributed by atoms with E-state index >= 15 is 0 Å². The molecule has 4 rings (SSSR count). The number of rotatable bonds is 10. The maximum atomic E-state index is 12.8. The van der Waals surface area contributed by atoms with Crippen LogP contribution in [0.25, 0.3) is 0 Å². The van der Waals surface area contributed by atoms with Gasteiger partial charge >= 0.3 is 11.9 Å². The monoisotopic (exact) mass is 571 g/mol. The standard InChI is InChI=1S/C30H25N3O9/c1-18(34)41-23-12-10-21(16-27(23)39-3)28(35)32-22-7-4-6-20(15-22)29(36)33-31-17-19-9-11-24(26(14-19)38-2)42-30(37)25-8-5-13-40-25/h4-17H,1-3H3,(H,32,35)(H,33,36). The van der Waals surface area contributed by atoms with Crippen molar-refractivity contribution >= 4 is 35.7 Å². The molecule has 4 aromatic rings. The van der Waals surface area contributed by atoms with Crippen LogP contribution in [0.5, 0.6) is 23.0 Å². The summed E-state index contributed by atoms with van der Waals surface area (Å²) in [6.07, 6.45) is 2.75. The molecule has 0 saturated carbocycles. The highest BCUT2D eigenvalue weighted by Gasteiger charge is 2.16. The normalized spacial score (nSPS) is 10.5. The summed E-state index contributed by atoms with van der Waals surface area (Å²) in [5, 5.41) is 6.68. The van der Waals surface area contributed by atoms with E-state index in [1.807, 2.05) is 0 Å². The average molecular weight is 572 g/mol. The van der Waals surface area contributed by atoms with Crippen LogP contribution < -0.4 is 29.7 Å². The molecule has 0 atom stereocenters. The zero-order chi connectivity index (χ0) is 30.1. The number of ether oxygens (including phenoxy) is 4. The highest BCUT2D eigenvalue weighted by molar-refractivity contribution is 6.05. The molecule has 12 heteroatoms. The van der Waals surface area contributed by atoms with Crippen molar-refractivity contribution in [2.45, 2.75) is 6.92 Å². The van der Waals surface area contributed by atoms with Gasteiger partial charge in [0.25, 0.3) is 11.8 Å². The van der Waals surface area contributed by atoms with Gasteiger partial charge in [0, 0.05) is 23.7 Å². The molecule has 2 N–H and O–H groups in total. The number of furan rings is 1. The fourth-order valence-corrected chi connectivity index (χ4v) is 3.61. The van der Waals surface area contributed by atoms with Gasteiger partial charge in [0.2, 0.25) is 5.76 Å². The predicted molar refractivity (Wildman–Crippen MR) is 150 cm³/mol. The Labute approximate surface area is 239 Å². The highest BCUT2D eigenvalue weighted by Crippen LogP contribution is 2.29. The number of amides is 2. The first kappa shape index (κ1) is 29.1. The van der Waals surface area contributed by atoms with Gasteiger partial charge in [0.15, 0.2) is 23.0 Å². The Morgan fingerprint density at radius 3 is 2.19 bits per heavy atom. The maximum Gasteiger partial charge on any atom is 0.379 e. The zero-order valence-corrected chi connectivity index (χ0v) is 22.7.